The molecule has 7 rings (SSSR count). The smallest absolute Gasteiger partial charge is 0.317 e. The molecule has 0 saturated carbocycles. The number of β-amino-alcohol motifs (C(OH)–C–C–N with tert-alkyl or cyclic N) is 1. The topological polar surface area (TPSA) is 190 Å². The molecule has 0 spiro atoms. The van der Waals surface area contributed by atoms with E-state index in [1.807, 2.05) is 58.9 Å². The van der Waals surface area contributed by atoms with E-state index in [0.29, 0.717) is 40.8 Å². The van der Waals surface area contributed by atoms with Gasteiger partial charge < -0.3 is 50.5 Å². The summed E-state index contributed by atoms with van der Waals surface area (Å²) in [5, 5.41) is 22.8. The number of carbonyl (C=O) groups is 4. The van der Waals surface area contributed by atoms with Crippen molar-refractivity contribution in [1.29, 1.82) is 0 Å². The number of fused-ring (bicyclic) bond motifs is 2. The molecule has 5 N–H and O–H groups in total. The van der Waals surface area contributed by atoms with Crippen molar-refractivity contribution in [3.8, 4) is 10.4 Å². The number of aliphatic hydroxyl groups excluding tert-OH is 1. The van der Waals surface area contributed by atoms with E-state index in [2.05, 4.69) is 26.3 Å². The van der Waals surface area contributed by atoms with Gasteiger partial charge in [-0.05, 0) is 73.2 Å². The Kier molecular flexibility index (Phi) is 17.6. The Morgan fingerprint density at radius 2 is 1.72 bits per heavy atom. The largest absolute Gasteiger partial charge is 0.391 e. The number of hydrogen-bond donors (Lipinski definition) is 5. The molecule has 382 valence electrons. The second-order valence-corrected chi connectivity index (χ2v) is 20.2. The number of anilines is 3. The van der Waals surface area contributed by atoms with Crippen molar-refractivity contribution in [1.82, 2.24) is 30.7 Å². The second kappa shape index (κ2) is 23.6. The number of aliphatic imine (C=N–C) groups is 1. The molecular formula is C50H61ClF3N9O7S. The predicted molar refractivity (Wildman–Crippen MR) is 267 cm³/mol. The van der Waals surface area contributed by atoms with E-state index in [-0.39, 0.29) is 82.7 Å². The number of amides is 5. The summed E-state index contributed by atoms with van der Waals surface area (Å²) in [5.41, 5.74) is 5.45. The molecule has 16 nitrogen and oxygen atoms in total. The van der Waals surface area contributed by atoms with E-state index >= 15 is 0 Å². The highest BCUT2D eigenvalue weighted by molar-refractivity contribution is 7.13. The van der Waals surface area contributed by atoms with Gasteiger partial charge in [-0.15, -0.1) is 11.3 Å². The Balaban J connectivity index is 0.813. The van der Waals surface area contributed by atoms with Crippen LogP contribution in [0.3, 0.4) is 0 Å². The molecule has 1 aromatic heterocycles. The Labute approximate surface area is 420 Å². The second-order valence-electron chi connectivity index (χ2n) is 18.9. The average molecular weight is 1020 g/mol. The molecule has 21 heteroatoms. The van der Waals surface area contributed by atoms with E-state index < -0.39 is 60.1 Å². The number of aromatic nitrogens is 1. The molecule has 3 aliphatic rings. The van der Waals surface area contributed by atoms with Gasteiger partial charge in [0.25, 0.3) is 6.43 Å². The minimum absolute atomic E-state index is 0.0387. The van der Waals surface area contributed by atoms with Crippen LogP contribution in [0.25, 0.3) is 10.4 Å². The molecule has 0 aliphatic carbocycles. The van der Waals surface area contributed by atoms with Crippen molar-refractivity contribution in [3.63, 3.8) is 0 Å². The van der Waals surface area contributed by atoms with Crippen LogP contribution >= 0.6 is 22.9 Å². The van der Waals surface area contributed by atoms with Crippen LogP contribution < -0.4 is 26.2 Å². The van der Waals surface area contributed by atoms with Gasteiger partial charge in [0.15, 0.2) is 0 Å². The van der Waals surface area contributed by atoms with Gasteiger partial charge >= 0.3 is 6.03 Å². The monoisotopic (exact) mass is 1020 g/mol. The Morgan fingerprint density at radius 3 is 2.42 bits per heavy atom. The van der Waals surface area contributed by atoms with Crippen molar-refractivity contribution < 1.29 is 46.9 Å². The maximum Gasteiger partial charge on any atom is 0.317 e. The van der Waals surface area contributed by atoms with Gasteiger partial charge in [0.05, 0.1) is 84.3 Å². The summed E-state index contributed by atoms with van der Waals surface area (Å²) in [6.07, 6.45) is -3.03. The summed E-state index contributed by atoms with van der Waals surface area (Å²) < 4.78 is 53.2. The van der Waals surface area contributed by atoms with Crippen LogP contribution in [0.1, 0.15) is 69.8 Å². The number of nitrogens with one attached hydrogen (secondary N) is 4. The quantitative estimate of drug-likeness (QED) is 0.0646. The van der Waals surface area contributed by atoms with E-state index in [1.54, 1.807) is 39.9 Å². The van der Waals surface area contributed by atoms with Gasteiger partial charge in [-0.25, -0.2) is 22.9 Å². The van der Waals surface area contributed by atoms with Gasteiger partial charge in [-0.1, -0.05) is 56.6 Å². The first-order valence-electron chi connectivity index (χ1n) is 23.6. The number of halogens is 4. The summed E-state index contributed by atoms with van der Waals surface area (Å²) in [5.74, 6) is -1.50. The van der Waals surface area contributed by atoms with Gasteiger partial charge in [0.1, 0.15) is 23.7 Å². The first-order chi connectivity index (χ1) is 33.9. The van der Waals surface area contributed by atoms with Gasteiger partial charge in [-0.2, -0.15) is 0 Å². The van der Waals surface area contributed by atoms with Crippen LogP contribution in [0.15, 0.2) is 71.2 Å². The third kappa shape index (κ3) is 13.6. The number of thiazole rings is 1. The molecule has 0 radical (unpaired) electrons. The molecule has 0 unspecified atom stereocenters. The van der Waals surface area contributed by atoms with Crippen LogP contribution in [0.5, 0.6) is 0 Å². The fourth-order valence-electron chi connectivity index (χ4n) is 8.83. The SMILES string of the molecule is Cc1ncsc1-c1ccc([C@H](C)NC(=O)[C@@H]2C[C@@H](O)CN2C(=O)[C@@H](NC(=O)CCOCCOCCNC(=O)N2CC[C@H](N=C3Nc4cc(F)ccc4N(CC(F)F)c4ccc(Cl)cc43)C2)C(C)(C)C)cc1. The third-order valence-electron chi connectivity index (χ3n) is 12.5. The number of urea groups is 1. The van der Waals surface area contributed by atoms with Crippen molar-refractivity contribution in [3.05, 3.63) is 93.8 Å². The third-order valence-corrected chi connectivity index (χ3v) is 13.7. The Hall–Kier alpha value is -5.80. The fraction of sp³-hybridized carbons (Fsp3) is 0.480. The summed E-state index contributed by atoms with van der Waals surface area (Å²) in [7, 11) is 0. The number of aryl methyl sites for hydroxylation is 1. The number of ether oxygens (including phenoxy) is 2. The number of aliphatic hydroxyl groups is 1. The van der Waals surface area contributed by atoms with Crippen molar-refractivity contribution in [2.45, 2.75) is 90.6 Å². The Bertz CT molecular complexity index is 2560. The predicted octanol–water partition coefficient (Wildman–Crippen LogP) is 7.06. The van der Waals surface area contributed by atoms with Crippen LogP contribution in [0, 0.1) is 18.2 Å². The first-order valence-corrected chi connectivity index (χ1v) is 24.9. The number of amidine groups is 1. The molecule has 3 aliphatic heterocycles. The molecule has 5 atom stereocenters. The normalized spacial score (nSPS) is 19.2. The van der Waals surface area contributed by atoms with Gasteiger partial charge in [0.2, 0.25) is 17.7 Å². The van der Waals surface area contributed by atoms with Crippen LogP contribution in [0.4, 0.5) is 35.0 Å². The van der Waals surface area contributed by atoms with Crippen molar-refractivity contribution in [2.24, 2.45) is 10.4 Å². The number of nitrogens with zero attached hydrogens (tertiary/aromatic N) is 5. The number of hydrogen-bond acceptors (Lipinski definition) is 11. The summed E-state index contributed by atoms with van der Waals surface area (Å²) in [6, 6.07) is 13.6. The zero-order valence-corrected chi connectivity index (χ0v) is 41.9. The standard InChI is InChI=1S/C50H61ClF3N9O7S/c1-29(31-6-8-32(9-7-31)44-30(2)56-28-71-44)57-47(66)41-24-36(64)26-63(41)48(67)45(50(3,4)5)60-43(65)15-18-69-20-21-70-19-16-55-49(68)61-17-14-35(25-61)58-46-37-22-33(51)10-12-39(37)62(27-42(53)54)40-13-11-34(52)23-38(40)59-46/h6-13,22-23,28-29,35-36,41-42,45,64H,14-21,24-27H2,1-5H3,(H,55,68)(H,57,66)(H,58,59)(H,60,65)/t29-,35-,36+,41-,45+/m0/s1. The lowest BCUT2D eigenvalue weighted by molar-refractivity contribution is -0.144. The molecule has 5 amide bonds. The molecule has 2 saturated heterocycles. The van der Waals surface area contributed by atoms with Gasteiger partial charge in [0, 0.05) is 49.6 Å². The van der Waals surface area contributed by atoms with E-state index in [1.165, 1.54) is 28.0 Å². The number of likely N-dealkylation sites (tertiary alicyclic amines) is 2. The lowest BCUT2D eigenvalue weighted by atomic mass is 9.85. The molecule has 3 aromatic carbocycles. The number of alkyl halides is 2. The van der Waals surface area contributed by atoms with Crippen LogP contribution in [-0.4, -0.2) is 139 Å². The average Bonchev–Trinajstić information content (AvgIpc) is 4.07. The molecule has 4 aromatic rings. The number of rotatable bonds is 18. The highest BCUT2D eigenvalue weighted by Gasteiger charge is 2.45. The lowest BCUT2D eigenvalue weighted by Crippen LogP contribution is -2.58. The highest BCUT2D eigenvalue weighted by Crippen LogP contribution is 2.40. The zero-order valence-electron chi connectivity index (χ0n) is 40.4. The van der Waals surface area contributed by atoms with Gasteiger partial charge in [-0.3, -0.25) is 19.4 Å². The molecule has 0 bridgehead atoms. The number of carbonyl (C=O) groups excluding carboxylic acids is 4. The van der Waals surface area contributed by atoms with Crippen LogP contribution in [-0.2, 0) is 23.9 Å². The van der Waals surface area contributed by atoms with E-state index in [9.17, 15) is 37.5 Å². The summed E-state index contributed by atoms with van der Waals surface area (Å²) >= 11 is 7.91. The van der Waals surface area contributed by atoms with Crippen LogP contribution in [0.2, 0.25) is 5.02 Å². The van der Waals surface area contributed by atoms with E-state index in [0.717, 1.165) is 21.7 Å². The molecule has 2 fully saturated rings. The highest BCUT2D eigenvalue weighted by atomic mass is 35.5. The lowest BCUT2D eigenvalue weighted by Gasteiger charge is -2.35. The molecular weight excluding hydrogens is 963 g/mol. The molecule has 71 heavy (non-hydrogen) atoms. The number of benzene rings is 3. The maximum atomic E-state index is 14.4. The summed E-state index contributed by atoms with van der Waals surface area (Å²) in [4.78, 5) is 68.6. The van der Waals surface area contributed by atoms with Crippen molar-refractivity contribution in [2.75, 3.05) is 69.4 Å². The summed E-state index contributed by atoms with van der Waals surface area (Å²) in [6.45, 7) is 10.1. The fourth-order valence-corrected chi connectivity index (χ4v) is 9.81. The minimum atomic E-state index is -2.68. The van der Waals surface area contributed by atoms with E-state index in [4.69, 9.17) is 26.1 Å². The Morgan fingerprint density at radius 1 is 0.986 bits per heavy atom. The molecule has 4 heterocycles. The van der Waals surface area contributed by atoms with Crippen molar-refractivity contribution >= 4 is 69.6 Å². The zero-order chi connectivity index (χ0) is 51.0. The first kappa shape index (κ1) is 53.0. The minimum Gasteiger partial charge on any atom is -0.391 e. The maximum absolute atomic E-state index is 14.4.